The number of ether oxygens (including phenoxy) is 1. The zero-order valence-corrected chi connectivity index (χ0v) is 26.8. The highest BCUT2D eigenvalue weighted by atomic mass is 35.5. The summed E-state index contributed by atoms with van der Waals surface area (Å²) in [7, 11) is -3.96. The lowest BCUT2D eigenvalue weighted by molar-refractivity contribution is -0.129. The van der Waals surface area contributed by atoms with Crippen LogP contribution >= 0.6 is 11.6 Å². The zero-order valence-electron chi connectivity index (χ0n) is 25.2. The molecule has 4 rings (SSSR count). The molecule has 1 aliphatic rings. The van der Waals surface area contributed by atoms with Crippen LogP contribution in [0.2, 0.25) is 5.02 Å². The molecule has 0 fully saturated rings. The maximum Gasteiger partial charge on any atom is 0.246 e. The van der Waals surface area contributed by atoms with E-state index in [0.717, 1.165) is 16.7 Å². The van der Waals surface area contributed by atoms with Crippen molar-refractivity contribution in [1.82, 2.24) is 9.62 Å². The van der Waals surface area contributed by atoms with Gasteiger partial charge in [0.25, 0.3) is 0 Å². The Kier molecular flexibility index (Phi) is 10.3. The van der Waals surface area contributed by atoms with Gasteiger partial charge in [-0.15, -0.1) is 0 Å². The van der Waals surface area contributed by atoms with E-state index in [9.17, 15) is 18.0 Å². The molecule has 1 aliphatic heterocycles. The van der Waals surface area contributed by atoms with Crippen LogP contribution in [0.15, 0.2) is 95.4 Å². The van der Waals surface area contributed by atoms with Crippen LogP contribution < -0.4 is 5.32 Å². The van der Waals surface area contributed by atoms with Gasteiger partial charge in [0.1, 0.15) is 6.61 Å². The Morgan fingerprint density at radius 3 is 2.21 bits per heavy atom. The Hall–Kier alpha value is -3.30. The van der Waals surface area contributed by atoms with Gasteiger partial charge in [-0.3, -0.25) is 9.59 Å². The third-order valence-electron chi connectivity index (χ3n) is 7.58. The third-order valence-corrected chi connectivity index (χ3v) is 9.84. The standard InChI is InChI=1S/C34H39ClN2O5S/c1-23-11-9-10-14-30(23)43(40,41)37-31(34(3,4)5)20-27(33(37)26-15-17-28(35)18-16-26)21-42-22-32(39)36-29(24(2)38)19-25-12-7-6-8-13-25/h6-18,20,29,31,33H,19,21-22H2,1-5H3,(H,36,39)/t29-,31-,33-/m0/s1. The molecule has 43 heavy (non-hydrogen) atoms. The number of ketones is 1. The maximum atomic E-state index is 14.4. The SMILES string of the molecule is CC(=O)[C@H](Cc1ccccc1)NC(=O)COCC1=C[C@@H](C(C)(C)C)N(S(=O)(=O)c2ccccc2C)[C@H]1c1ccc(Cl)cc1. The van der Waals surface area contributed by atoms with Gasteiger partial charge in [0, 0.05) is 11.1 Å². The summed E-state index contributed by atoms with van der Waals surface area (Å²) in [5.74, 6) is -0.571. The van der Waals surface area contributed by atoms with Crippen LogP contribution in [-0.4, -0.2) is 49.7 Å². The number of hydrogen-bond donors (Lipinski definition) is 1. The van der Waals surface area contributed by atoms with Gasteiger partial charge >= 0.3 is 0 Å². The van der Waals surface area contributed by atoms with Gasteiger partial charge in [-0.05, 0) is 66.1 Å². The molecule has 3 atom stereocenters. The fourth-order valence-corrected chi connectivity index (χ4v) is 7.64. The molecular weight excluding hydrogens is 584 g/mol. The van der Waals surface area contributed by atoms with Gasteiger partial charge in [0.2, 0.25) is 15.9 Å². The summed E-state index contributed by atoms with van der Waals surface area (Å²) in [6, 6.07) is 21.7. The number of nitrogens with one attached hydrogen (secondary N) is 1. The molecule has 0 unspecified atom stereocenters. The van der Waals surface area contributed by atoms with Gasteiger partial charge in [-0.1, -0.05) is 99.1 Å². The molecule has 0 aliphatic carbocycles. The van der Waals surface area contributed by atoms with Crippen LogP contribution in [0, 0.1) is 12.3 Å². The number of benzene rings is 3. The summed E-state index contributed by atoms with van der Waals surface area (Å²) in [6.45, 7) is 8.97. The van der Waals surface area contributed by atoms with Gasteiger partial charge < -0.3 is 10.1 Å². The molecule has 0 saturated carbocycles. The summed E-state index contributed by atoms with van der Waals surface area (Å²) in [6.07, 6.45) is 2.32. The van der Waals surface area contributed by atoms with Crippen molar-refractivity contribution in [3.8, 4) is 0 Å². The van der Waals surface area contributed by atoms with E-state index < -0.39 is 39.5 Å². The number of carbonyl (C=O) groups excluding carboxylic acids is 2. The van der Waals surface area contributed by atoms with Crippen molar-refractivity contribution in [2.45, 2.75) is 64.1 Å². The highest BCUT2D eigenvalue weighted by molar-refractivity contribution is 7.89. The van der Waals surface area contributed by atoms with Gasteiger partial charge in [0.05, 0.1) is 23.6 Å². The Morgan fingerprint density at radius 1 is 0.977 bits per heavy atom. The number of sulfonamides is 1. The molecule has 0 bridgehead atoms. The summed E-state index contributed by atoms with van der Waals surface area (Å²) in [4.78, 5) is 25.3. The van der Waals surface area contributed by atoms with Crippen molar-refractivity contribution in [3.63, 3.8) is 0 Å². The number of hydrogen-bond acceptors (Lipinski definition) is 5. The molecule has 9 heteroatoms. The van der Waals surface area contributed by atoms with Crippen LogP contribution in [-0.2, 0) is 30.8 Å². The lowest BCUT2D eigenvalue weighted by Gasteiger charge is -2.37. The second-order valence-corrected chi connectivity index (χ2v) is 14.3. The third kappa shape index (κ3) is 7.81. The van der Waals surface area contributed by atoms with E-state index in [0.29, 0.717) is 17.0 Å². The zero-order chi connectivity index (χ0) is 31.4. The molecule has 0 spiro atoms. The molecule has 0 radical (unpaired) electrons. The van der Waals surface area contributed by atoms with Gasteiger partial charge in [-0.25, -0.2) is 8.42 Å². The number of amides is 1. The average molecular weight is 623 g/mol. The molecular formula is C34H39ClN2O5S. The number of rotatable bonds is 11. The van der Waals surface area contributed by atoms with Crippen LogP contribution in [0.5, 0.6) is 0 Å². The smallest absolute Gasteiger partial charge is 0.246 e. The Labute approximate surface area is 259 Å². The Bertz CT molecular complexity index is 1580. The normalized spacial score (nSPS) is 18.2. The maximum absolute atomic E-state index is 14.4. The number of carbonyl (C=O) groups is 2. The monoisotopic (exact) mass is 622 g/mol. The van der Waals surface area contributed by atoms with E-state index >= 15 is 0 Å². The minimum atomic E-state index is -3.96. The molecule has 228 valence electrons. The Balaban J connectivity index is 1.59. The van der Waals surface area contributed by atoms with E-state index in [1.54, 1.807) is 41.6 Å². The molecule has 1 amide bonds. The van der Waals surface area contributed by atoms with Crippen LogP contribution in [0.25, 0.3) is 0 Å². The van der Waals surface area contributed by atoms with E-state index in [2.05, 4.69) is 5.32 Å². The summed E-state index contributed by atoms with van der Waals surface area (Å²) in [5, 5.41) is 3.32. The van der Waals surface area contributed by atoms with E-state index in [1.165, 1.54) is 6.92 Å². The lowest BCUT2D eigenvalue weighted by atomic mass is 9.87. The van der Waals surface area contributed by atoms with Gasteiger partial charge in [0.15, 0.2) is 5.78 Å². The van der Waals surface area contributed by atoms with E-state index in [-0.39, 0.29) is 23.9 Å². The predicted molar refractivity (Wildman–Crippen MR) is 169 cm³/mol. The average Bonchev–Trinajstić information content (AvgIpc) is 3.35. The van der Waals surface area contributed by atoms with E-state index in [1.807, 2.05) is 75.4 Å². The number of halogens is 1. The highest BCUT2D eigenvalue weighted by Gasteiger charge is 2.48. The van der Waals surface area contributed by atoms with E-state index in [4.69, 9.17) is 16.3 Å². The number of nitrogens with zero attached hydrogens (tertiary/aromatic N) is 1. The summed E-state index contributed by atoms with van der Waals surface area (Å²) in [5.41, 5.74) is 2.61. The number of aryl methyl sites for hydroxylation is 1. The molecule has 0 aromatic heterocycles. The first-order valence-corrected chi connectivity index (χ1v) is 16.1. The van der Waals surface area contributed by atoms with Gasteiger partial charge in [-0.2, -0.15) is 4.31 Å². The number of Topliss-reactive ketones (excluding diaryl/α,β-unsaturated/α-hetero) is 1. The molecule has 3 aromatic rings. The first-order valence-electron chi connectivity index (χ1n) is 14.3. The highest BCUT2D eigenvalue weighted by Crippen LogP contribution is 2.46. The topological polar surface area (TPSA) is 92.8 Å². The minimum Gasteiger partial charge on any atom is -0.367 e. The largest absolute Gasteiger partial charge is 0.367 e. The molecule has 0 saturated heterocycles. The second-order valence-electron chi connectivity index (χ2n) is 12.0. The lowest BCUT2D eigenvalue weighted by Crippen LogP contribution is -2.45. The first-order chi connectivity index (χ1) is 20.3. The molecule has 1 N–H and O–H groups in total. The fraction of sp³-hybridized carbons (Fsp3) is 0.353. The first kappa shape index (κ1) is 32.6. The molecule has 1 heterocycles. The fourth-order valence-electron chi connectivity index (χ4n) is 5.35. The molecule has 7 nitrogen and oxygen atoms in total. The Morgan fingerprint density at radius 2 is 1.60 bits per heavy atom. The van der Waals surface area contributed by atoms with Crippen LogP contribution in [0.1, 0.15) is 50.4 Å². The van der Waals surface area contributed by atoms with Crippen LogP contribution in [0.3, 0.4) is 0 Å². The predicted octanol–water partition coefficient (Wildman–Crippen LogP) is 6.07. The van der Waals surface area contributed by atoms with Crippen molar-refractivity contribution in [2.75, 3.05) is 13.2 Å². The minimum absolute atomic E-state index is 0.0243. The van der Waals surface area contributed by atoms with Crippen molar-refractivity contribution in [1.29, 1.82) is 0 Å². The van der Waals surface area contributed by atoms with Crippen molar-refractivity contribution in [2.24, 2.45) is 5.41 Å². The van der Waals surface area contributed by atoms with Crippen molar-refractivity contribution in [3.05, 3.63) is 112 Å². The summed E-state index contributed by atoms with van der Waals surface area (Å²) >= 11 is 6.19. The van der Waals surface area contributed by atoms with Crippen LogP contribution in [0.4, 0.5) is 0 Å². The quantitative estimate of drug-likeness (QED) is 0.262. The van der Waals surface area contributed by atoms with Crippen molar-refractivity contribution >= 4 is 33.3 Å². The second kappa shape index (κ2) is 13.6. The van der Waals surface area contributed by atoms with Crippen molar-refractivity contribution < 1.29 is 22.7 Å². The molecule has 3 aromatic carbocycles. The summed E-state index contributed by atoms with van der Waals surface area (Å²) < 4.78 is 36.2.